The molecule has 1 aliphatic carbocycles. The zero-order valence-corrected chi connectivity index (χ0v) is 11.8. The summed E-state index contributed by atoms with van der Waals surface area (Å²) in [6.07, 6.45) is 8.55. The first kappa shape index (κ1) is 12.2. The Morgan fingerprint density at radius 2 is 1.67 bits per heavy atom. The van der Waals surface area contributed by atoms with E-state index in [0.717, 1.165) is 5.92 Å². The molecular weight excluding hydrogens is 218 g/mol. The standard InChI is InChI=1S/C17H25N/c1-13-12-17(10-6-3-7-11-17)18-14(2)16-9-5-4-8-15(13)16/h4-5,8-9,13-14,18H,3,6-7,10-12H2,1-2H3/p+1/t13-,14+/m1/s1. The predicted molar refractivity (Wildman–Crippen MR) is 75.6 cm³/mol. The maximum Gasteiger partial charge on any atom is 0.109 e. The second-order valence-electron chi connectivity index (χ2n) is 6.61. The summed E-state index contributed by atoms with van der Waals surface area (Å²) in [5.74, 6) is 0.723. The van der Waals surface area contributed by atoms with Gasteiger partial charge in [-0.2, -0.15) is 0 Å². The van der Waals surface area contributed by atoms with E-state index in [1.165, 1.54) is 38.5 Å². The average Bonchev–Trinajstić information content (AvgIpc) is 2.48. The van der Waals surface area contributed by atoms with Gasteiger partial charge < -0.3 is 5.32 Å². The van der Waals surface area contributed by atoms with Gasteiger partial charge in [-0.05, 0) is 31.2 Å². The van der Waals surface area contributed by atoms with Gasteiger partial charge in [0.2, 0.25) is 0 Å². The van der Waals surface area contributed by atoms with Gasteiger partial charge in [-0.15, -0.1) is 0 Å². The molecule has 1 aromatic rings. The van der Waals surface area contributed by atoms with Crippen LogP contribution in [0.1, 0.15) is 75.5 Å². The molecule has 0 aromatic heterocycles. The first-order valence-corrected chi connectivity index (χ1v) is 7.65. The Kier molecular flexibility index (Phi) is 3.19. The summed E-state index contributed by atoms with van der Waals surface area (Å²) < 4.78 is 0. The Balaban J connectivity index is 1.95. The molecule has 2 N–H and O–H groups in total. The molecule has 2 aliphatic rings. The van der Waals surface area contributed by atoms with Gasteiger partial charge in [0.25, 0.3) is 0 Å². The SMILES string of the molecule is C[C@@H]1CC2(CCCCC2)[NH2+][C@@H](C)c2ccccc21. The zero-order valence-electron chi connectivity index (χ0n) is 11.8. The average molecular weight is 244 g/mol. The monoisotopic (exact) mass is 244 g/mol. The first-order chi connectivity index (χ1) is 8.70. The van der Waals surface area contributed by atoms with Gasteiger partial charge in [0.05, 0.1) is 5.54 Å². The van der Waals surface area contributed by atoms with Crippen molar-refractivity contribution < 1.29 is 5.32 Å². The Hall–Kier alpha value is -0.820. The minimum absolute atomic E-state index is 0.538. The van der Waals surface area contributed by atoms with Crippen LogP contribution in [0, 0.1) is 0 Å². The molecule has 1 spiro atoms. The van der Waals surface area contributed by atoms with E-state index >= 15 is 0 Å². The molecule has 0 unspecified atom stereocenters. The number of nitrogens with two attached hydrogens (primary N) is 1. The fourth-order valence-electron chi connectivity index (χ4n) is 4.41. The molecule has 1 aromatic carbocycles. The van der Waals surface area contributed by atoms with Gasteiger partial charge >= 0.3 is 0 Å². The van der Waals surface area contributed by atoms with Crippen LogP contribution in [0.4, 0.5) is 0 Å². The smallest absolute Gasteiger partial charge is 0.109 e. The van der Waals surface area contributed by atoms with Gasteiger partial charge in [-0.1, -0.05) is 37.6 Å². The number of benzene rings is 1. The van der Waals surface area contributed by atoms with Gasteiger partial charge in [-0.25, -0.2) is 0 Å². The molecule has 1 nitrogen and oxygen atoms in total. The van der Waals surface area contributed by atoms with Crippen LogP contribution in [-0.2, 0) is 0 Å². The molecule has 1 saturated carbocycles. The summed E-state index contributed by atoms with van der Waals surface area (Å²) in [6, 6.07) is 9.74. The topological polar surface area (TPSA) is 16.6 Å². The van der Waals surface area contributed by atoms with E-state index in [9.17, 15) is 0 Å². The zero-order chi connectivity index (χ0) is 12.6. The lowest BCUT2D eigenvalue weighted by molar-refractivity contribution is -0.763. The molecule has 2 atom stereocenters. The number of fused-ring (bicyclic) bond motifs is 1. The van der Waals surface area contributed by atoms with Crippen molar-refractivity contribution >= 4 is 0 Å². The summed E-state index contributed by atoms with van der Waals surface area (Å²) >= 11 is 0. The van der Waals surface area contributed by atoms with E-state index < -0.39 is 0 Å². The van der Waals surface area contributed by atoms with Crippen molar-refractivity contribution in [3.63, 3.8) is 0 Å². The maximum absolute atomic E-state index is 2.70. The van der Waals surface area contributed by atoms with E-state index in [1.807, 2.05) is 0 Å². The molecule has 0 radical (unpaired) electrons. The third kappa shape index (κ3) is 2.09. The molecule has 1 heteroatoms. The lowest BCUT2D eigenvalue weighted by atomic mass is 9.75. The van der Waals surface area contributed by atoms with Crippen LogP contribution < -0.4 is 5.32 Å². The minimum atomic E-state index is 0.538. The lowest BCUT2D eigenvalue weighted by Gasteiger charge is -2.36. The first-order valence-electron chi connectivity index (χ1n) is 7.65. The van der Waals surface area contributed by atoms with Crippen LogP contribution in [0.15, 0.2) is 24.3 Å². The molecule has 3 rings (SSSR count). The second-order valence-corrected chi connectivity index (χ2v) is 6.61. The molecule has 0 bridgehead atoms. The van der Waals surface area contributed by atoms with E-state index in [-0.39, 0.29) is 0 Å². The highest BCUT2D eigenvalue weighted by Gasteiger charge is 2.41. The number of hydrogen-bond donors (Lipinski definition) is 1. The van der Waals surface area contributed by atoms with Crippen LogP contribution in [0.3, 0.4) is 0 Å². The van der Waals surface area contributed by atoms with Crippen molar-refractivity contribution in [2.75, 3.05) is 0 Å². The van der Waals surface area contributed by atoms with Crippen LogP contribution in [0.25, 0.3) is 0 Å². The van der Waals surface area contributed by atoms with E-state index in [2.05, 4.69) is 43.4 Å². The fraction of sp³-hybridized carbons (Fsp3) is 0.647. The van der Waals surface area contributed by atoms with Crippen LogP contribution in [0.5, 0.6) is 0 Å². The number of hydrogen-bond acceptors (Lipinski definition) is 0. The maximum atomic E-state index is 2.70. The Bertz CT molecular complexity index is 384. The molecule has 18 heavy (non-hydrogen) atoms. The van der Waals surface area contributed by atoms with Crippen molar-refractivity contribution in [2.24, 2.45) is 0 Å². The van der Waals surface area contributed by atoms with Crippen molar-refractivity contribution in [3.05, 3.63) is 35.4 Å². The van der Waals surface area contributed by atoms with Gasteiger partial charge in [-0.3, -0.25) is 0 Å². The number of quaternary nitrogens is 1. The van der Waals surface area contributed by atoms with Gasteiger partial charge in [0.15, 0.2) is 0 Å². The summed E-state index contributed by atoms with van der Waals surface area (Å²) in [5.41, 5.74) is 3.71. The number of rotatable bonds is 0. The molecule has 98 valence electrons. The van der Waals surface area contributed by atoms with Gasteiger partial charge in [0, 0.05) is 24.8 Å². The van der Waals surface area contributed by atoms with Crippen molar-refractivity contribution in [3.8, 4) is 0 Å². The normalized spacial score (nSPS) is 30.8. The molecule has 1 heterocycles. The van der Waals surface area contributed by atoms with Crippen molar-refractivity contribution in [2.45, 2.75) is 69.9 Å². The quantitative estimate of drug-likeness (QED) is 0.719. The Morgan fingerprint density at radius 3 is 2.39 bits per heavy atom. The van der Waals surface area contributed by atoms with E-state index in [0.29, 0.717) is 11.6 Å². The lowest BCUT2D eigenvalue weighted by Crippen LogP contribution is -2.97. The highest BCUT2D eigenvalue weighted by atomic mass is 15.0. The largest absolute Gasteiger partial charge is 0.335 e. The summed E-state index contributed by atoms with van der Waals surface area (Å²) in [5, 5.41) is 2.70. The summed E-state index contributed by atoms with van der Waals surface area (Å²) in [7, 11) is 0. The Labute approximate surface area is 111 Å². The van der Waals surface area contributed by atoms with E-state index in [1.54, 1.807) is 11.1 Å². The molecule has 1 fully saturated rings. The molecule has 0 amide bonds. The third-order valence-electron chi connectivity index (χ3n) is 5.18. The van der Waals surface area contributed by atoms with Crippen molar-refractivity contribution in [1.82, 2.24) is 0 Å². The van der Waals surface area contributed by atoms with Crippen LogP contribution in [0.2, 0.25) is 0 Å². The van der Waals surface area contributed by atoms with Crippen molar-refractivity contribution in [1.29, 1.82) is 0 Å². The van der Waals surface area contributed by atoms with Gasteiger partial charge in [0.1, 0.15) is 6.04 Å². The molecular formula is C17H26N+. The third-order valence-corrected chi connectivity index (χ3v) is 5.18. The second kappa shape index (κ2) is 4.70. The minimum Gasteiger partial charge on any atom is -0.335 e. The summed E-state index contributed by atoms with van der Waals surface area (Å²) in [4.78, 5) is 0. The molecule has 1 aliphatic heterocycles. The fourth-order valence-corrected chi connectivity index (χ4v) is 4.41. The summed E-state index contributed by atoms with van der Waals surface area (Å²) in [6.45, 7) is 4.83. The Morgan fingerprint density at radius 1 is 1.00 bits per heavy atom. The molecule has 0 saturated heterocycles. The van der Waals surface area contributed by atoms with Crippen LogP contribution >= 0.6 is 0 Å². The van der Waals surface area contributed by atoms with E-state index in [4.69, 9.17) is 0 Å². The van der Waals surface area contributed by atoms with Crippen LogP contribution in [-0.4, -0.2) is 5.54 Å². The predicted octanol–water partition coefficient (Wildman–Crippen LogP) is 3.52. The highest BCUT2D eigenvalue weighted by Crippen LogP contribution is 2.38. The highest BCUT2D eigenvalue weighted by molar-refractivity contribution is 5.32.